The molecular formula is C17H26N6O2. The quantitative estimate of drug-likeness (QED) is 0.230. The Kier molecular flexibility index (Phi) is 8.79. The largest absolute Gasteiger partial charge is 0.444 e. The number of carbonyl (C=O) groups excluding carboxylic acids is 1. The Bertz CT molecular complexity index is 589. The summed E-state index contributed by atoms with van der Waals surface area (Å²) in [6.45, 7) is 6.72. The lowest BCUT2D eigenvalue weighted by atomic mass is 10.2. The van der Waals surface area contributed by atoms with Crippen LogP contribution >= 0.6 is 0 Å². The van der Waals surface area contributed by atoms with Crippen LogP contribution in [0.2, 0.25) is 0 Å². The molecule has 25 heavy (non-hydrogen) atoms. The Labute approximate surface area is 148 Å². The first-order valence-electron chi connectivity index (χ1n) is 8.26. The number of aliphatic imine (C=N–C) groups is 1. The Hall–Kier alpha value is -2.82. The van der Waals surface area contributed by atoms with Crippen molar-refractivity contribution in [2.75, 3.05) is 13.1 Å². The Balaban J connectivity index is 2.20. The molecule has 1 amide bonds. The maximum Gasteiger partial charge on any atom is 0.407 e. The lowest BCUT2D eigenvalue weighted by molar-refractivity contribution is 0.0527. The molecule has 8 heteroatoms. The summed E-state index contributed by atoms with van der Waals surface area (Å²) in [6.07, 6.45) is 5.74. The van der Waals surface area contributed by atoms with Crippen molar-refractivity contribution in [1.29, 1.82) is 5.26 Å². The number of unbranched alkanes of at least 4 members (excludes halogenated alkanes) is 2. The molecule has 136 valence electrons. The van der Waals surface area contributed by atoms with Crippen LogP contribution in [0.15, 0.2) is 29.4 Å². The van der Waals surface area contributed by atoms with Crippen molar-refractivity contribution in [2.45, 2.75) is 45.6 Å². The molecule has 0 fully saturated rings. The number of ether oxygens (including phenoxy) is 1. The third-order valence-corrected chi connectivity index (χ3v) is 2.86. The minimum atomic E-state index is -0.481. The molecule has 3 N–H and O–H groups in total. The highest BCUT2D eigenvalue weighted by Crippen LogP contribution is 2.06. The number of carbonyl (C=O) groups is 1. The molecule has 0 spiro atoms. The minimum absolute atomic E-state index is 0.369. The van der Waals surface area contributed by atoms with Crippen LogP contribution in [0.5, 0.6) is 0 Å². The van der Waals surface area contributed by atoms with E-state index in [1.165, 1.54) is 0 Å². The lowest BCUT2D eigenvalue weighted by Crippen LogP contribution is -2.35. The van der Waals surface area contributed by atoms with E-state index in [-0.39, 0.29) is 0 Å². The normalized spacial score (nSPS) is 11.4. The maximum absolute atomic E-state index is 11.5. The number of pyridine rings is 1. The molecule has 0 aliphatic heterocycles. The zero-order valence-electron chi connectivity index (χ0n) is 15.0. The molecule has 1 aromatic rings. The predicted molar refractivity (Wildman–Crippen MR) is 96.2 cm³/mol. The molecule has 1 heterocycles. The van der Waals surface area contributed by atoms with E-state index in [1.807, 2.05) is 33.0 Å². The number of nitrogens with one attached hydrogen (secondary N) is 3. The Morgan fingerprint density at radius 2 is 1.96 bits per heavy atom. The third-order valence-electron chi connectivity index (χ3n) is 2.86. The summed E-state index contributed by atoms with van der Waals surface area (Å²) in [7, 11) is 0. The van der Waals surface area contributed by atoms with Gasteiger partial charge in [-0.15, -0.1) is 0 Å². The van der Waals surface area contributed by atoms with Crippen molar-refractivity contribution in [2.24, 2.45) is 4.99 Å². The van der Waals surface area contributed by atoms with Gasteiger partial charge >= 0.3 is 6.09 Å². The fraction of sp³-hybridized carbons (Fsp3) is 0.529. The van der Waals surface area contributed by atoms with E-state index in [2.05, 4.69) is 25.9 Å². The van der Waals surface area contributed by atoms with E-state index in [0.29, 0.717) is 24.9 Å². The summed E-state index contributed by atoms with van der Waals surface area (Å²) in [4.78, 5) is 19.8. The van der Waals surface area contributed by atoms with Gasteiger partial charge in [-0.2, -0.15) is 10.3 Å². The third kappa shape index (κ3) is 10.5. The van der Waals surface area contributed by atoms with Gasteiger partial charge in [-0.3, -0.25) is 5.32 Å². The first-order valence-corrected chi connectivity index (χ1v) is 8.26. The summed E-state index contributed by atoms with van der Waals surface area (Å²) < 4.78 is 5.16. The van der Waals surface area contributed by atoms with Crippen molar-refractivity contribution < 1.29 is 9.53 Å². The molecule has 8 nitrogen and oxygen atoms in total. The highest BCUT2D eigenvalue weighted by atomic mass is 16.6. The average molecular weight is 346 g/mol. The summed E-state index contributed by atoms with van der Waals surface area (Å²) in [5, 5.41) is 17.1. The van der Waals surface area contributed by atoms with E-state index >= 15 is 0 Å². The van der Waals surface area contributed by atoms with Crippen LogP contribution < -0.4 is 16.0 Å². The molecule has 1 rings (SSSR count). The van der Waals surface area contributed by atoms with Crippen LogP contribution in [0.1, 0.15) is 40.0 Å². The smallest absolute Gasteiger partial charge is 0.407 e. The van der Waals surface area contributed by atoms with Gasteiger partial charge in [-0.05, 0) is 52.2 Å². The predicted octanol–water partition coefficient (Wildman–Crippen LogP) is 2.42. The van der Waals surface area contributed by atoms with E-state index < -0.39 is 11.7 Å². The Morgan fingerprint density at radius 3 is 2.56 bits per heavy atom. The highest BCUT2D eigenvalue weighted by molar-refractivity contribution is 5.83. The lowest BCUT2D eigenvalue weighted by Gasteiger charge is -2.19. The van der Waals surface area contributed by atoms with Gasteiger partial charge in [-0.25, -0.2) is 9.78 Å². The van der Waals surface area contributed by atoms with Crippen molar-refractivity contribution in [3.05, 3.63) is 24.4 Å². The van der Waals surface area contributed by atoms with E-state index in [4.69, 9.17) is 10.00 Å². The van der Waals surface area contributed by atoms with Gasteiger partial charge < -0.3 is 15.4 Å². The van der Waals surface area contributed by atoms with Crippen molar-refractivity contribution in [3.63, 3.8) is 0 Å². The van der Waals surface area contributed by atoms with Crippen LogP contribution in [-0.2, 0) is 4.74 Å². The molecule has 0 aromatic carbocycles. The summed E-state index contributed by atoms with van der Waals surface area (Å²) in [5.74, 6) is 0.891. The van der Waals surface area contributed by atoms with Crippen molar-refractivity contribution >= 4 is 17.9 Å². The first-order chi connectivity index (χ1) is 11.9. The number of alkyl carbamates (subject to hydrolysis) is 1. The van der Waals surface area contributed by atoms with Crippen molar-refractivity contribution in [1.82, 2.24) is 20.9 Å². The fourth-order valence-electron chi connectivity index (χ4n) is 1.84. The van der Waals surface area contributed by atoms with Gasteiger partial charge in [-0.1, -0.05) is 6.07 Å². The van der Waals surface area contributed by atoms with Crippen LogP contribution in [0, 0.1) is 11.5 Å². The zero-order chi connectivity index (χ0) is 18.5. The summed E-state index contributed by atoms with van der Waals surface area (Å²) in [6, 6.07) is 5.38. The SMILES string of the molecule is CC(C)(C)OC(=O)NCCCCCN/C(=N\c1ccccn1)NC#N. The molecule has 0 unspecified atom stereocenters. The summed E-state index contributed by atoms with van der Waals surface area (Å²) >= 11 is 0. The molecule has 1 aromatic heterocycles. The Morgan fingerprint density at radius 1 is 1.24 bits per heavy atom. The monoisotopic (exact) mass is 346 g/mol. The maximum atomic E-state index is 11.5. The first kappa shape index (κ1) is 20.2. The van der Waals surface area contributed by atoms with Crippen LogP contribution in [0.4, 0.5) is 10.6 Å². The number of hydrogen-bond acceptors (Lipinski definition) is 5. The second-order valence-corrected chi connectivity index (χ2v) is 6.30. The highest BCUT2D eigenvalue weighted by Gasteiger charge is 2.15. The van der Waals surface area contributed by atoms with E-state index in [1.54, 1.807) is 18.3 Å². The number of amides is 1. The van der Waals surface area contributed by atoms with Gasteiger partial charge in [0.2, 0.25) is 5.96 Å². The van der Waals surface area contributed by atoms with E-state index in [0.717, 1.165) is 19.3 Å². The number of nitrogens with zero attached hydrogens (tertiary/aromatic N) is 3. The fourth-order valence-corrected chi connectivity index (χ4v) is 1.84. The topological polar surface area (TPSA) is 111 Å². The molecule has 0 radical (unpaired) electrons. The van der Waals surface area contributed by atoms with Gasteiger partial charge in [0.05, 0.1) is 0 Å². The van der Waals surface area contributed by atoms with Crippen molar-refractivity contribution in [3.8, 4) is 6.19 Å². The number of guanidine groups is 1. The number of rotatable bonds is 7. The number of aromatic nitrogens is 1. The molecule has 0 bridgehead atoms. The zero-order valence-corrected chi connectivity index (χ0v) is 15.0. The molecule has 0 atom stereocenters. The van der Waals surface area contributed by atoms with Crippen LogP contribution in [0.25, 0.3) is 0 Å². The van der Waals surface area contributed by atoms with Gasteiger partial charge in [0.1, 0.15) is 5.60 Å². The summed E-state index contributed by atoms with van der Waals surface area (Å²) in [5.41, 5.74) is -0.481. The number of hydrogen-bond donors (Lipinski definition) is 3. The molecule has 0 saturated carbocycles. The van der Waals surface area contributed by atoms with E-state index in [9.17, 15) is 4.79 Å². The standard InChI is InChI=1S/C17H26N6O2/c1-17(2,3)25-16(24)21-12-7-4-6-11-20-15(22-13-18)23-14-9-5-8-10-19-14/h5,8-10H,4,6-7,11-12H2,1-3H3,(H,21,24)(H2,19,20,22,23). The molecule has 0 aliphatic rings. The second kappa shape index (κ2) is 10.9. The van der Waals surface area contributed by atoms with Gasteiger partial charge in [0.15, 0.2) is 12.0 Å². The number of nitriles is 1. The van der Waals surface area contributed by atoms with Crippen LogP contribution in [0.3, 0.4) is 0 Å². The minimum Gasteiger partial charge on any atom is -0.444 e. The van der Waals surface area contributed by atoms with Gasteiger partial charge in [0, 0.05) is 19.3 Å². The molecular weight excluding hydrogens is 320 g/mol. The van der Waals surface area contributed by atoms with Crippen LogP contribution in [-0.4, -0.2) is 35.7 Å². The second-order valence-electron chi connectivity index (χ2n) is 6.30. The average Bonchev–Trinajstić information content (AvgIpc) is 2.53. The molecule has 0 saturated heterocycles. The van der Waals surface area contributed by atoms with Gasteiger partial charge in [0.25, 0.3) is 0 Å². The molecule has 0 aliphatic carbocycles.